The Hall–Kier alpha value is -1.42. The van der Waals surface area contributed by atoms with E-state index in [0.717, 1.165) is 31.5 Å². The molecule has 0 aliphatic heterocycles. The second kappa shape index (κ2) is 8.69. The molecule has 0 radical (unpaired) electrons. The van der Waals surface area contributed by atoms with Gasteiger partial charge in [0.1, 0.15) is 0 Å². The first kappa shape index (κ1) is 16.6. The van der Waals surface area contributed by atoms with Gasteiger partial charge in [0, 0.05) is 18.4 Å². The first-order valence-electron chi connectivity index (χ1n) is 7.34. The van der Waals surface area contributed by atoms with E-state index in [2.05, 4.69) is 30.2 Å². The molecule has 0 saturated carbocycles. The summed E-state index contributed by atoms with van der Waals surface area (Å²) in [7, 11) is 0. The molecule has 1 unspecified atom stereocenters. The van der Waals surface area contributed by atoms with Crippen molar-refractivity contribution in [1.29, 1.82) is 0 Å². The van der Waals surface area contributed by atoms with Crippen LogP contribution in [0.15, 0.2) is 18.3 Å². The van der Waals surface area contributed by atoms with Crippen molar-refractivity contribution in [2.24, 2.45) is 11.8 Å². The molecule has 0 amide bonds. The summed E-state index contributed by atoms with van der Waals surface area (Å²) in [6, 6.07) is 4.12. The zero-order chi connectivity index (χ0) is 15.0. The molecule has 0 aliphatic carbocycles. The summed E-state index contributed by atoms with van der Waals surface area (Å²) in [4.78, 5) is 15.4. The number of rotatable bonds is 9. The van der Waals surface area contributed by atoms with Crippen LogP contribution < -0.4 is 5.32 Å². The van der Waals surface area contributed by atoms with Gasteiger partial charge in [0.25, 0.3) is 0 Å². The lowest BCUT2D eigenvalue weighted by molar-refractivity contribution is -0.142. The zero-order valence-corrected chi connectivity index (χ0v) is 12.7. The standard InChI is InChI=1S/C16H26N2O2/c1-12(2)9-15(16(19)20)11-17-8-4-5-14-7-6-13(3)18-10-14/h6-7,10,12,15,17H,4-5,8-9,11H2,1-3H3,(H,19,20). The Balaban J connectivity index is 2.20. The molecule has 112 valence electrons. The van der Waals surface area contributed by atoms with Crippen molar-refractivity contribution in [1.82, 2.24) is 10.3 Å². The van der Waals surface area contributed by atoms with Crippen LogP contribution in [0.5, 0.6) is 0 Å². The molecule has 2 N–H and O–H groups in total. The molecule has 1 aromatic heterocycles. The number of nitrogens with one attached hydrogen (secondary N) is 1. The van der Waals surface area contributed by atoms with Crippen molar-refractivity contribution in [2.75, 3.05) is 13.1 Å². The molecule has 4 nitrogen and oxygen atoms in total. The number of carboxylic acids is 1. The van der Waals surface area contributed by atoms with Gasteiger partial charge in [-0.05, 0) is 50.3 Å². The van der Waals surface area contributed by atoms with Crippen LogP contribution in [0.2, 0.25) is 0 Å². The second-order valence-corrected chi connectivity index (χ2v) is 5.78. The van der Waals surface area contributed by atoms with Gasteiger partial charge in [-0.2, -0.15) is 0 Å². The van der Waals surface area contributed by atoms with Crippen LogP contribution in [0.1, 0.15) is 37.9 Å². The van der Waals surface area contributed by atoms with Gasteiger partial charge in [-0.25, -0.2) is 0 Å². The Labute approximate surface area is 121 Å². The maximum absolute atomic E-state index is 11.1. The van der Waals surface area contributed by atoms with Gasteiger partial charge < -0.3 is 10.4 Å². The highest BCUT2D eigenvalue weighted by Crippen LogP contribution is 2.11. The van der Waals surface area contributed by atoms with Gasteiger partial charge >= 0.3 is 5.97 Å². The molecule has 20 heavy (non-hydrogen) atoms. The first-order valence-corrected chi connectivity index (χ1v) is 7.34. The van der Waals surface area contributed by atoms with Gasteiger partial charge in [-0.1, -0.05) is 19.9 Å². The van der Waals surface area contributed by atoms with Crippen LogP contribution in [-0.4, -0.2) is 29.1 Å². The third-order valence-electron chi connectivity index (χ3n) is 3.29. The van der Waals surface area contributed by atoms with E-state index in [4.69, 9.17) is 5.11 Å². The molecule has 1 atom stereocenters. The molecule has 0 spiro atoms. The van der Waals surface area contributed by atoms with Crippen LogP contribution >= 0.6 is 0 Å². The summed E-state index contributed by atoms with van der Waals surface area (Å²) >= 11 is 0. The summed E-state index contributed by atoms with van der Waals surface area (Å²) in [6.07, 6.45) is 4.61. The molecule has 0 fully saturated rings. The van der Waals surface area contributed by atoms with Crippen molar-refractivity contribution in [3.63, 3.8) is 0 Å². The minimum absolute atomic E-state index is 0.281. The fourth-order valence-corrected chi connectivity index (χ4v) is 2.18. The van der Waals surface area contributed by atoms with Crippen LogP contribution in [0.25, 0.3) is 0 Å². The van der Waals surface area contributed by atoms with E-state index < -0.39 is 5.97 Å². The molecule has 4 heteroatoms. The van der Waals surface area contributed by atoms with Crippen LogP contribution in [0, 0.1) is 18.8 Å². The first-order chi connectivity index (χ1) is 9.49. The number of carbonyl (C=O) groups is 1. The minimum Gasteiger partial charge on any atom is -0.481 e. The fourth-order valence-electron chi connectivity index (χ4n) is 2.18. The lowest BCUT2D eigenvalue weighted by Crippen LogP contribution is -2.30. The summed E-state index contributed by atoms with van der Waals surface area (Å²) in [6.45, 7) is 7.49. The number of hydrogen-bond acceptors (Lipinski definition) is 3. The molecule has 0 saturated heterocycles. The normalized spacial score (nSPS) is 12.6. The van der Waals surface area contributed by atoms with Crippen molar-refractivity contribution in [3.05, 3.63) is 29.6 Å². The minimum atomic E-state index is -0.700. The molecular weight excluding hydrogens is 252 g/mol. The third kappa shape index (κ3) is 6.66. The zero-order valence-electron chi connectivity index (χ0n) is 12.7. The van der Waals surface area contributed by atoms with Gasteiger partial charge in [0.15, 0.2) is 0 Å². The molecule has 0 bridgehead atoms. The van der Waals surface area contributed by atoms with Crippen molar-refractivity contribution in [3.8, 4) is 0 Å². The Morgan fingerprint density at radius 3 is 2.70 bits per heavy atom. The van der Waals surface area contributed by atoms with Crippen molar-refractivity contribution in [2.45, 2.75) is 40.0 Å². The van der Waals surface area contributed by atoms with E-state index in [1.54, 1.807) is 0 Å². The Morgan fingerprint density at radius 2 is 2.15 bits per heavy atom. The average Bonchev–Trinajstić information content (AvgIpc) is 2.38. The second-order valence-electron chi connectivity index (χ2n) is 5.78. The topological polar surface area (TPSA) is 62.2 Å². The SMILES string of the molecule is Cc1ccc(CCCNCC(CC(C)C)C(=O)O)cn1. The van der Waals surface area contributed by atoms with E-state index in [0.29, 0.717) is 12.5 Å². The monoisotopic (exact) mass is 278 g/mol. The molecule has 1 aromatic rings. The number of nitrogens with zero attached hydrogens (tertiary/aromatic N) is 1. The molecule has 0 aliphatic rings. The van der Waals surface area contributed by atoms with Crippen molar-refractivity contribution < 1.29 is 9.90 Å². The summed E-state index contributed by atoms with van der Waals surface area (Å²) < 4.78 is 0. The number of aromatic nitrogens is 1. The maximum atomic E-state index is 11.1. The van der Waals surface area contributed by atoms with Gasteiger partial charge in [0.2, 0.25) is 0 Å². The lowest BCUT2D eigenvalue weighted by atomic mass is 9.97. The molecular formula is C16H26N2O2. The van der Waals surface area contributed by atoms with E-state index >= 15 is 0 Å². The maximum Gasteiger partial charge on any atom is 0.307 e. The Bertz CT molecular complexity index is 401. The fraction of sp³-hybridized carbons (Fsp3) is 0.625. The third-order valence-corrected chi connectivity index (χ3v) is 3.29. The van der Waals surface area contributed by atoms with Gasteiger partial charge in [0.05, 0.1) is 5.92 Å². The molecule has 1 heterocycles. The average molecular weight is 278 g/mol. The van der Waals surface area contributed by atoms with Crippen LogP contribution in [0.3, 0.4) is 0 Å². The highest BCUT2D eigenvalue weighted by Gasteiger charge is 2.17. The molecule has 0 aromatic carbocycles. The van der Waals surface area contributed by atoms with E-state index in [9.17, 15) is 4.79 Å². The van der Waals surface area contributed by atoms with E-state index in [1.807, 2.05) is 19.2 Å². The smallest absolute Gasteiger partial charge is 0.307 e. The van der Waals surface area contributed by atoms with Crippen LogP contribution in [0.4, 0.5) is 0 Å². The van der Waals surface area contributed by atoms with Gasteiger partial charge in [-0.3, -0.25) is 9.78 Å². The summed E-state index contributed by atoms with van der Waals surface area (Å²) in [5, 5.41) is 12.4. The van der Waals surface area contributed by atoms with E-state index in [1.165, 1.54) is 5.56 Å². The summed E-state index contributed by atoms with van der Waals surface area (Å²) in [5.74, 6) is -0.568. The number of pyridine rings is 1. The predicted molar refractivity (Wildman–Crippen MR) is 80.7 cm³/mol. The highest BCUT2D eigenvalue weighted by molar-refractivity contribution is 5.70. The number of carboxylic acid groups (broad SMARTS) is 1. The Morgan fingerprint density at radius 1 is 1.40 bits per heavy atom. The van der Waals surface area contributed by atoms with Gasteiger partial charge in [-0.15, -0.1) is 0 Å². The Kier molecular flexibility index (Phi) is 7.23. The molecule has 1 rings (SSSR count). The van der Waals surface area contributed by atoms with Crippen LogP contribution in [-0.2, 0) is 11.2 Å². The number of aryl methyl sites for hydroxylation is 2. The number of aliphatic carboxylic acids is 1. The highest BCUT2D eigenvalue weighted by atomic mass is 16.4. The van der Waals surface area contributed by atoms with E-state index in [-0.39, 0.29) is 5.92 Å². The number of hydrogen-bond donors (Lipinski definition) is 2. The summed E-state index contributed by atoms with van der Waals surface area (Å²) in [5.41, 5.74) is 2.26. The predicted octanol–water partition coefficient (Wildman–Crippen LogP) is 2.66. The lowest BCUT2D eigenvalue weighted by Gasteiger charge is -2.15. The largest absolute Gasteiger partial charge is 0.481 e. The quantitative estimate of drug-likeness (QED) is 0.682. The van der Waals surface area contributed by atoms with Crippen molar-refractivity contribution >= 4 is 5.97 Å².